The van der Waals surface area contributed by atoms with Crippen LogP contribution < -0.4 is 14.7 Å². The van der Waals surface area contributed by atoms with Crippen molar-refractivity contribution in [3.05, 3.63) is 36.0 Å². The van der Waals surface area contributed by atoms with Crippen LogP contribution in [-0.2, 0) is 6.18 Å². The summed E-state index contributed by atoms with van der Waals surface area (Å²) >= 11 is 0. The minimum Gasteiger partial charge on any atom is -0.363 e. The van der Waals surface area contributed by atoms with Crippen LogP contribution in [0.4, 0.5) is 35.0 Å². The highest BCUT2D eigenvalue weighted by molar-refractivity contribution is 5.51. The van der Waals surface area contributed by atoms with Crippen LogP contribution in [0.5, 0.6) is 0 Å². The number of alkyl halides is 3. The number of pyridine rings is 1. The Bertz CT molecular complexity index is 772. The van der Waals surface area contributed by atoms with Gasteiger partial charge in [-0.3, -0.25) is 0 Å². The Morgan fingerprint density at radius 2 is 1.62 bits per heavy atom. The van der Waals surface area contributed by atoms with E-state index in [-0.39, 0.29) is 5.82 Å². The van der Waals surface area contributed by atoms with Crippen LogP contribution in [0, 0.1) is 5.82 Å². The Morgan fingerprint density at radius 3 is 2.19 bits per heavy atom. The maximum atomic E-state index is 14.1. The summed E-state index contributed by atoms with van der Waals surface area (Å²) in [5.41, 5.74) is -1.09. The molecule has 0 aliphatic carbocycles. The zero-order chi connectivity index (χ0) is 18.9. The van der Waals surface area contributed by atoms with Crippen molar-refractivity contribution in [2.45, 2.75) is 6.18 Å². The van der Waals surface area contributed by atoms with Gasteiger partial charge in [0.1, 0.15) is 18.0 Å². The predicted molar refractivity (Wildman–Crippen MR) is 90.0 cm³/mol. The number of hydrogen-bond donors (Lipinski definition) is 0. The molecule has 1 fully saturated rings. The molecule has 26 heavy (non-hydrogen) atoms. The highest BCUT2D eigenvalue weighted by Crippen LogP contribution is 2.31. The molecule has 0 atom stereocenters. The van der Waals surface area contributed by atoms with Crippen molar-refractivity contribution in [1.82, 2.24) is 15.0 Å². The summed E-state index contributed by atoms with van der Waals surface area (Å²) in [6.07, 6.45) is -2.46. The second-order valence-electron chi connectivity index (χ2n) is 6.13. The Kier molecular flexibility index (Phi) is 4.84. The largest absolute Gasteiger partial charge is 0.417 e. The van der Waals surface area contributed by atoms with Gasteiger partial charge in [0.15, 0.2) is 11.6 Å². The average Bonchev–Trinajstić information content (AvgIpc) is 2.61. The van der Waals surface area contributed by atoms with E-state index in [9.17, 15) is 17.6 Å². The summed E-state index contributed by atoms with van der Waals surface area (Å²) in [6.45, 7) is 1.95. The molecule has 0 bridgehead atoms. The van der Waals surface area contributed by atoms with Crippen LogP contribution in [0.15, 0.2) is 24.7 Å². The molecule has 2 aromatic heterocycles. The van der Waals surface area contributed by atoms with Crippen LogP contribution in [0.1, 0.15) is 5.56 Å². The highest BCUT2D eigenvalue weighted by Gasteiger charge is 2.32. The van der Waals surface area contributed by atoms with Gasteiger partial charge in [-0.05, 0) is 6.07 Å². The maximum absolute atomic E-state index is 14.1. The smallest absolute Gasteiger partial charge is 0.363 e. The first kappa shape index (κ1) is 18.2. The number of hydrogen-bond acceptors (Lipinski definition) is 6. The topological polar surface area (TPSA) is 48.4 Å². The molecule has 0 amide bonds. The summed E-state index contributed by atoms with van der Waals surface area (Å²) in [7, 11) is 3.76. The third-order valence-corrected chi connectivity index (χ3v) is 4.15. The average molecular weight is 370 g/mol. The van der Waals surface area contributed by atoms with Gasteiger partial charge in [-0.25, -0.2) is 19.3 Å². The molecule has 3 rings (SSSR count). The SMILES string of the molecule is CN(C)c1cc(N2CCN(c3ncc(C(F)(F)F)cc3F)CC2)ncn1. The Hall–Kier alpha value is -2.65. The van der Waals surface area contributed by atoms with Gasteiger partial charge in [-0.15, -0.1) is 0 Å². The lowest BCUT2D eigenvalue weighted by Crippen LogP contribution is -2.47. The molecule has 0 saturated carbocycles. The first-order valence-electron chi connectivity index (χ1n) is 7.97. The molecule has 0 N–H and O–H groups in total. The number of piperazine rings is 1. The van der Waals surface area contributed by atoms with Gasteiger partial charge in [0.2, 0.25) is 0 Å². The summed E-state index contributed by atoms with van der Waals surface area (Å²) in [6, 6.07) is 2.34. The molecule has 2 aromatic rings. The third kappa shape index (κ3) is 3.78. The van der Waals surface area contributed by atoms with E-state index in [2.05, 4.69) is 15.0 Å². The lowest BCUT2D eigenvalue weighted by Gasteiger charge is -2.36. The van der Waals surface area contributed by atoms with E-state index in [1.54, 1.807) is 4.90 Å². The van der Waals surface area contributed by atoms with Gasteiger partial charge < -0.3 is 14.7 Å². The highest BCUT2D eigenvalue weighted by atomic mass is 19.4. The van der Waals surface area contributed by atoms with Crippen LogP contribution >= 0.6 is 0 Å². The fourth-order valence-electron chi connectivity index (χ4n) is 2.72. The van der Waals surface area contributed by atoms with E-state index in [1.807, 2.05) is 30.0 Å². The quantitative estimate of drug-likeness (QED) is 0.774. The zero-order valence-electron chi connectivity index (χ0n) is 14.3. The van der Waals surface area contributed by atoms with Gasteiger partial charge in [-0.1, -0.05) is 0 Å². The molecule has 0 spiro atoms. The predicted octanol–water partition coefficient (Wildman–Crippen LogP) is 2.42. The van der Waals surface area contributed by atoms with Crippen LogP contribution in [0.25, 0.3) is 0 Å². The molecule has 0 unspecified atom stereocenters. The first-order chi connectivity index (χ1) is 12.3. The lowest BCUT2D eigenvalue weighted by atomic mass is 10.2. The number of rotatable bonds is 3. The van der Waals surface area contributed by atoms with Crippen molar-refractivity contribution in [2.24, 2.45) is 0 Å². The zero-order valence-corrected chi connectivity index (χ0v) is 14.3. The second-order valence-corrected chi connectivity index (χ2v) is 6.13. The molecular weight excluding hydrogens is 352 g/mol. The Labute approximate surface area is 148 Å². The maximum Gasteiger partial charge on any atom is 0.417 e. The second kappa shape index (κ2) is 6.93. The number of nitrogens with zero attached hydrogens (tertiary/aromatic N) is 6. The molecule has 1 aliphatic heterocycles. The van der Waals surface area contributed by atoms with Crippen molar-refractivity contribution in [1.29, 1.82) is 0 Å². The molecule has 6 nitrogen and oxygen atoms in total. The van der Waals surface area contributed by atoms with Crippen LogP contribution in [-0.4, -0.2) is 55.2 Å². The van der Waals surface area contributed by atoms with Crippen molar-refractivity contribution in [2.75, 3.05) is 55.0 Å². The van der Waals surface area contributed by atoms with Gasteiger partial charge in [0.25, 0.3) is 0 Å². The van der Waals surface area contributed by atoms with Crippen LogP contribution in [0.2, 0.25) is 0 Å². The standard InChI is InChI=1S/C16H18F4N6/c1-24(2)13-8-14(23-10-22-13)25-3-5-26(6-4-25)15-12(17)7-11(9-21-15)16(18,19)20/h7-10H,3-6H2,1-2H3. The summed E-state index contributed by atoms with van der Waals surface area (Å²) < 4.78 is 52.0. The summed E-state index contributed by atoms with van der Waals surface area (Å²) in [4.78, 5) is 17.6. The van der Waals surface area contributed by atoms with Crippen molar-refractivity contribution >= 4 is 17.5 Å². The lowest BCUT2D eigenvalue weighted by molar-refractivity contribution is -0.138. The Balaban J connectivity index is 1.70. The van der Waals surface area contributed by atoms with Crippen molar-refractivity contribution in [3.8, 4) is 0 Å². The Morgan fingerprint density at radius 1 is 0.962 bits per heavy atom. The molecule has 0 aromatic carbocycles. The monoisotopic (exact) mass is 370 g/mol. The number of anilines is 3. The number of aromatic nitrogens is 3. The van der Waals surface area contributed by atoms with Crippen LogP contribution in [0.3, 0.4) is 0 Å². The van der Waals surface area contributed by atoms with E-state index in [0.717, 1.165) is 11.6 Å². The fraction of sp³-hybridized carbons (Fsp3) is 0.438. The van der Waals surface area contributed by atoms with E-state index in [1.165, 1.54) is 6.33 Å². The molecule has 140 valence electrons. The minimum atomic E-state index is -4.61. The van der Waals surface area contributed by atoms with E-state index >= 15 is 0 Å². The van der Waals surface area contributed by atoms with Crippen molar-refractivity contribution < 1.29 is 17.6 Å². The molecule has 1 saturated heterocycles. The summed E-state index contributed by atoms with van der Waals surface area (Å²) in [5.74, 6) is 0.497. The number of halogens is 4. The third-order valence-electron chi connectivity index (χ3n) is 4.15. The van der Waals surface area contributed by atoms with Crippen molar-refractivity contribution in [3.63, 3.8) is 0 Å². The van der Waals surface area contributed by atoms with E-state index in [4.69, 9.17) is 0 Å². The van der Waals surface area contributed by atoms with Gasteiger partial charge in [0, 0.05) is 52.5 Å². The van der Waals surface area contributed by atoms with E-state index in [0.29, 0.717) is 38.4 Å². The molecule has 3 heterocycles. The fourth-order valence-corrected chi connectivity index (χ4v) is 2.72. The molecular formula is C16H18F4N6. The van der Waals surface area contributed by atoms with E-state index < -0.39 is 17.6 Å². The van der Waals surface area contributed by atoms with Gasteiger partial charge in [-0.2, -0.15) is 13.2 Å². The first-order valence-corrected chi connectivity index (χ1v) is 7.97. The molecule has 0 radical (unpaired) electrons. The minimum absolute atomic E-state index is 0.0608. The normalized spacial score (nSPS) is 15.3. The van der Waals surface area contributed by atoms with Gasteiger partial charge in [0.05, 0.1) is 5.56 Å². The molecule has 1 aliphatic rings. The van der Waals surface area contributed by atoms with Gasteiger partial charge >= 0.3 is 6.18 Å². The summed E-state index contributed by atoms with van der Waals surface area (Å²) in [5, 5.41) is 0. The molecule has 10 heteroatoms.